The maximum Gasteiger partial charge on any atom is 0.264 e. The molecular formula is C24H25FN2O3S. The molecule has 3 rings (SSSR count). The normalized spacial score (nSPS) is 11.3. The molecule has 1 amide bonds. The quantitative estimate of drug-likeness (QED) is 0.566. The summed E-state index contributed by atoms with van der Waals surface area (Å²) in [5.74, 6) is -0.640. The fourth-order valence-corrected chi connectivity index (χ4v) is 4.57. The zero-order valence-electron chi connectivity index (χ0n) is 18.0. The summed E-state index contributed by atoms with van der Waals surface area (Å²) in [5.41, 5.74) is 2.93. The van der Waals surface area contributed by atoms with Gasteiger partial charge >= 0.3 is 0 Å². The summed E-state index contributed by atoms with van der Waals surface area (Å²) < 4.78 is 41.1. The highest BCUT2D eigenvalue weighted by molar-refractivity contribution is 7.92. The number of nitrogens with zero attached hydrogens (tertiary/aromatic N) is 2. The Balaban J connectivity index is 1.82. The molecule has 0 radical (unpaired) electrons. The van der Waals surface area contributed by atoms with Gasteiger partial charge in [-0.2, -0.15) is 0 Å². The van der Waals surface area contributed by atoms with Gasteiger partial charge in [0.15, 0.2) is 0 Å². The van der Waals surface area contributed by atoms with Gasteiger partial charge in [-0.05, 0) is 55.8 Å². The van der Waals surface area contributed by atoms with E-state index < -0.39 is 10.0 Å². The van der Waals surface area contributed by atoms with Crippen molar-refractivity contribution in [3.05, 3.63) is 94.8 Å². The number of aryl methyl sites for hydroxylation is 2. The summed E-state index contributed by atoms with van der Waals surface area (Å²) in [5, 5.41) is 0. The van der Waals surface area contributed by atoms with Crippen LogP contribution in [0.4, 0.5) is 10.1 Å². The van der Waals surface area contributed by atoms with Crippen molar-refractivity contribution in [1.29, 1.82) is 0 Å². The summed E-state index contributed by atoms with van der Waals surface area (Å²) in [7, 11) is -0.637. The largest absolute Gasteiger partial charge is 0.337 e. The fraction of sp³-hybridized carbons (Fsp3) is 0.208. The molecule has 3 aromatic carbocycles. The molecule has 0 atom stereocenters. The van der Waals surface area contributed by atoms with Crippen LogP contribution in [0.1, 0.15) is 27.0 Å². The van der Waals surface area contributed by atoms with Crippen molar-refractivity contribution in [1.82, 2.24) is 4.90 Å². The first-order valence-electron chi connectivity index (χ1n) is 9.76. The summed E-state index contributed by atoms with van der Waals surface area (Å²) in [6.07, 6.45) is 0. The molecule has 5 nitrogen and oxygen atoms in total. The van der Waals surface area contributed by atoms with Gasteiger partial charge in [-0.3, -0.25) is 9.10 Å². The van der Waals surface area contributed by atoms with Crippen LogP contribution >= 0.6 is 0 Å². The minimum Gasteiger partial charge on any atom is -0.337 e. The van der Waals surface area contributed by atoms with E-state index in [0.717, 1.165) is 5.56 Å². The van der Waals surface area contributed by atoms with E-state index >= 15 is 0 Å². The second-order valence-corrected chi connectivity index (χ2v) is 9.51. The summed E-state index contributed by atoms with van der Waals surface area (Å²) in [6.45, 7) is 3.78. The number of halogens is 1. The number of carbonyl (C=O) groups is 1. The standard InChI is InChI=1S/C24H25FN2O3S/c1-17-9-12-21(13-10-17)31(29,30)27(4)23-14-11-19(15-18(23)2)24(28)26(3)16-20-7-5-6-8-22(20)25/h5-15H,16H2,1-4H3. The number of hydrogen-bond acceptors (Lipinski definition) is 3. The topological polar surface area (TPSA) is 57.7 Å². The SMILES string of the molecule is Cc1ccc(S(=O)(=O)N(C)c2ccc(C(=O)N(C)Cc3ccccc3F)cc2C)cc1. The molecule has 0 unspecified atom stereocenters. The molecule has 0 heterocycles. The molecule has 0 aliphatic rings. The molecule has 0 saturated heterocycles. The van der Waals surface area contributed by atoms with Crippen molar-refractivity contribution < 1.29 is 17.6 Å². The van der Waals surface area contributed by atoms with Crippen molar-refractivity contribution >= 4 is 21.6 Å². The third kappa shape index (κ3) is 4.77. The monoisotopic (exact) mass is 440 g/mol. The van der Waals surface area contributed by atoms with Gasteiger partial charge in [0, 0.05) is 31.8 Å². The summed E-state index contributed by atoms with van der Waals surface area (Å²) in [4.78, 5) is 14.4. The van der Waals surface area contributed by atoms with Gasteiger partial charge in [-0.25, -0.2) is 12.8 Å². The number of hydrogen-bond donors (Lipinski definition) is 0. The van der Waals surface area contributed by atoms with Gasteiger partial charge in [0.05, 0.1) is 10.6 Å². The lowest BCUT2D eigenvalue weighted by Crippen LogP contribution is -2.28. The Labute approximate surface area is 182 Å². The van der Waals surface area contributed by atoms with E-state index in [2.05, 4.69) is 0 Å². The maximum atomic E-state index is 13.9. The first-order valence-corrected chi connectivity index (χ1v) is 11.2. The lowest BCUT2D eigenvalue weighted by atomic mass is 10.1. The van der Waals surface area contributed by atoms with Crippen LogP contribution in [0.5, 0.6) is 0 Å². The van der Waals surface area contributed by atoms with Crippen LogP contribution in [0.3, 0.4) is 0 Å². The Morgan fingerprint density at radius 3 is 2.19 bits per heavy atom. The van der Waals surface area contributed by atoms with Crippen LogP contribution in [-0.2, 0) is 16.6 Å². The second-order valence-electron chi connectivity index (χ2n) is 7.54. The average Bonchev–Trinajstić information content (AvgIpc) is 2.74. The van der Waals surface area contributed by atoms with Crippen molar-refractivity contribution in [3.8, 4) is 0 Å². The zero-order valence-corrected chi connectivity index (χ0v) is 18.8. The van der Waals surface area contributed by atoms with Gasteiger partial charge in [0.25, 0.3) is 15.9 Å². The van der Waals surface area contributed by atoms with Crippen LogP contribution in [-0.4, -0.2) is 33.3 Å². The molecule has 7 heteroatoms. The van der Waals surface area contributed by atoms with Gasteiger partial charge in [0.2, 0.25) is 0 Å². The Kier molecular flexibility index (Phi) is 6.45. The number of sulfonamides is 1. The van der Waals surface area contributed by atoms with Crippen LogP contribution in [0.25, 0.3) is 0 Å². The first kappa shape index (κ1) is 22.5. The number of carbonyl (C=O) groups excluding carboxylic acids is 1. The number of anilines is 1. The number of rotatable bonds is 6. The molecule has 0 bridgehead atoms. The van der Waals surface area contributed by atoms with E-state index in [1.165, 1.54) is 22.3 Å². The van der Waals surface area contributed by atoms with E-state index in [9.17, 15) is 17.6 Å². The van der Waals surface area contributed by atoms with E-state index in [0.29, 0.717) is 22.4 Å². The molecule has 0 aromatic heterocycles. The van der Waals surface area contributed by atoms with Gasteiger partial charge in [0.1, 0.15) is 5.82 Å². The van der Waals surface area contributed by atoms with E-state index in [4.69, 9.17) is 0 Å². The third-order valence-electron chi connectivity index (χ3n) is 5.17. The maximum absolute atomic E-state index is 13.9. The second kappa shape index (κ2) is 8.89. The number of benzene rings is 3. The van der Waals surface area contributed by atoms with Crippen molar-refractivity contribution in [2.75, 3.05) is 18.4 Å². The molecule has 0 spiro atoms. The van der Waals surface area contributed by atoms with Crippen molar-refractivity contribution in [2.24, 2.45) is 0 Å². The molecule has 0 aliphatic carbocycles. The molecule has 0 saturated carbocycles. The van der Waals surface area contributed by atoms with Crippen LogP contribution < -0.4 is 4.31 Å². The highest BCUT2D eigenvalue weighted by atomic mass is 32.2. The highest BCUT2D eigenvalue weighted by Gasteiger charge is 2.23. The minimum absolute atomic E-state index is 0.133. The van der Waals surface area contributed by atoms with E-state index in [-0.39, 0.29) is 23.2 Å². The summed E-state index contributed by atoms with van der Waals surface area (Å²) in [6, 6.07) is 17.8. The molecule has 3 aromatic rings. The van der Waals surface area contributed by atoms with Gasteiger partial charge in [-0.1, -0.05) is 35.9 Å². The van der Waals surface area contributed by atoms with E-state index in [1.54, 1.807) is 74.6 Å². The molecular weight excluding hydrogens is 415 g/mol. The molecule has 162 valence electrons. The Morgan fingerprint density at radius 1 is 0.935 bits per heavy atom. The van der Waals surface area contributed by atoms with Crippen LogP contribution in [0.2, 0.25) is 0 Å². The highest BCUT2D eigenvalue weighted by Crippen LogP contribution is 2.27. The molecule has 0 N–H and O–H groups in total. The third-order valence-corrected chi connectivity index (χ3v) is 6.96. The lowest BCUT2D eigenvalue weighted by Gasteiger charge is -2.23. The van der Waals surface area contributed by atoms with Crippen LogP contribution in [0.15, 0.2) is 71.6 Å². The van der Waals surface area contributed by atoms with Crippen molar-refractivity contribution in [2.45, 2.75) is 25.3 Å². The molecule has 0 aliphatic heterocycles. The minimum atomic E-state index is -3.73. The lowest BCUT2D eigenvalue weighted by molar-refractivity contribution is 0.0784. The zero-order chi connectivity index (χ0) is 22.8. The predicted molar refractivity (Wildman–Crippen MR) is 120 cm³/mol. The van der Waals surface area contributed by atoms with Crippen LogP contribution in [0, 0.1) is 19.7 Å². The fourth-order valence-electron chi connectivity index (χ4n) is 3.31. The summed E-state index contributed by atoms with van der Waals surface area (Å²) >= 11 is 0. The Bertz CT molecular complexity index is 1210. The smallest absolute Gasteiger partial charge is 0.264 e. The Morgan fingerprint density at radius 2 is 1.58 bits per heavy atom. The molecule has 0 fully saturated rings. The van der Waals surface area contributed by atoms with Gasteiger partial charge < -0.3 is 4.90 Å². The first-order chi connectivity index (χ1) is 14.6. The Hall–Kier alpha value is -3.19. The number of amides is 1. The van der Waals surface area contributed by atoms with Crippen molar-refractivity contribution in [3.63, 3.8) is 0 Å². The molecule has 31 heavy (non-hydrogen) atoms. The average molecular weight is 441 g/mol. The predicted octanol–water partition coefficient (Wildman–Crippen LogP) is 4.54. The van der Waals surface area contributed by atoms with Gasteiger partial charge in [-0.15, -0.1) is 0 Å². The van der Waals surface area contributed by atoms with E-state index in [1.807, 2.05) is 6.92 Å².